The number of piperidine rings is 1. The number of alkyl halides is 3. The number of rotatable bonds is 4. The zero-order chi connectivity index (χ0) is 19.4. The molecule has 27 heavy (non-hydrogen) atoms. The average molecular weight is 387 g/mol. The zero-order valence-electron chi connectivity index (χ0n) is 14.9. The minimum atomic E-state index is -4.50. The van der Waals surface area contributed by atoms with Gasteiger partial charge in [-0.3, -0.25) is 0 Å². The highest BCUT2D eigenvalue weighted by molar-refractivity contribution is 5.65. The van der Waals surface area contributed by atoms with Crippen LogP contribution in [-0.2, 0) is 6.18 Å². The number of hydrogen-bond acceptors (Lipinski definition) is 5. The van der Waals surface area contributed by atoms with Gasteiger partial charge in [0.2, 0.25) is 0 Å². The van der Waals surface area contributed by atoms with Gasteiger partial charge in [0.25, 0.3) is 0 Å². The maximum atomic E-state index is 12.6. The van der Waals surface area contributed by atoms with Gasteiger partial charge in [0, 0.05) is 31.2 Å². The second-order valence-corrected chi connectivity index (χ2v) is 7.16. The Balaban J connectivity index is 1.61. The highest BCUT2D eigenvalue weighted by atomic mass is 19.4. The average Bonchev–Trinajstić information content (AvgIpc) is 2.63. The number of aromatic nitrogens is 2. The molecule has 3 rings (SSSR count). The van der Waals surface area contributed by atoms with Gasteiger partial charge in [-0.15, -0.1) is 0 Å². The van der Waals surface area contributed by atoms with Crippen LogP contribution in [0.1, 0.15) is 44.2 Å². The van der Waals surface area contributed by atoms with Crippen LogP contribution in [-0.4, -0.2) is 52.4 Å². The molecule has 0 spiro atoms. The van der Waals surface area contributed by atoms with Crippen LogP contribution < -0.4 is 15.5 Å². The molecule has 2 fully saturated rings. The summed E-state index contributed by atoms with van der Waals surface area (Å²) >= 11 is 0. The summed E-state index contributed by atoms with van der Waals surface area (Å²) < 4.78 is 37.9. The molecular formula is C17H24F3N5O2. The van der Waals surface area contributed by atoms with E-state index < -0.39 is 18.0 Å². The molecule has 1 unspecified atom stereocenters. The lowest BCUT2D eigenvalue weighted by Crippen LogP contribution is -2.57. The number of halogens is 3. The van der Waals surface area contributed by atoms with E-state index in [2.05, 4.69) is 20.6 Å². The molecule has 0 bridgehead atoms. The first kappa shape index (κ1) is 19.7. The Hall–Kier alpha value is -2.10. The number of nitrogens with one attached hydrogen (secondary N) is 2. The molecule has 150 valence electrons. The summed E-state index contributed by atoms with van der Waals surface area (Å²) in [7, 11) is 0. The van der Waals surface area contributed by atoms with E-state index in [-0.39, 0.29) is 18.1 Å². The van der Waals surface area contributed by atoms with Crippen molar-refractivity contribution < 1.29 is 23.1 Å². The van der Waals surface area contributed by atoms with Crippen LogP contribution in [0.3, 0.4) is 0 Å². The Morgan fingerprint density at radius 3 is 2.48 bits per heavy atom. The molecule has 1 aliphatic heterocycles. The molecule has 7 nitrogen and oxygen atoms in total. The Bertz CT molecular complexity index is 640. The van der Waals surface area contributed by atoms with Gasteiger partial charge in [-0.1, -0.05) is 12.8 Å². The SMILES string of the molecule is O=C(O)N[C@@H]1CCCC[C@H]1NC1CCCN(c2cnc(C(F)(F)F)cn2)C1. The molecule has 3 N–H and O–H groups in total. The van der Waals surface area contributed by atoms with Crippen molar-refractivity contribution in [1.82, 2.24) is 20.6 Å². The molecule has 1 aromatic rings. The van der Waals surface area contributed by atoms with Crippen LogP contribution in [0.5, 0.6) is 0 Å². The summed E-state index contributed by atoms with van der Waals surface area (Å²) in [4.78, 5) is 20.3. The molecule has 1 saturated heterocycles. The Labute approximate surface area is 155 Å². The van der Waals surface area contributed by atoms with Crippen molar-refractivity contribution in [2.45, 2.75) is 62.8 Å². The largest absolute Gasteiger partial charge is 0.465 e. The van der Waals surface area contributed by atoms with E-state index in [0.29, 0.717) is 18.9 Å². The number of carboxylic acid groups (broad SMARTS) is 1. The lowest BCUT2D eigenvalue weighted by molar-refractivity contribution is -0.141. The predicted molar refractivity (Wildman–Crippen MR) is 92.6 cm³/mol. The normalized spacial score (nSPS) is 26.6. The topological polar surface area (TPSA) is 90.4 Å². The molecule has 1 amide bonds. The summed E-state index contributed by atoms with van der Waals surface area (Å²) in [6.45, 7) is 1.32. The van der Waals surface area contributed by atoms with Crippen molar-refractivity contribution in [1.29, 1.82) is 0 Å². The van der Waals surface area contributed by atoms with Crippen LogP contribution in [0.25, 0.3) is 0 Å². The minimum absolute atomic E-state index is 0.0680. The van der Waals surface area contributed by atoms with E-state index in [4.69, 9.17) is 5.11 Å². The van der Waals surface area contributed by atoms with E-state index in [9.17, 15) is 18.0 Å². The molecular weight excluding hydrogens is 363 g/mol. The van der Waals surface area contributed by atoms with Crippen molar-refractivity contribution in [2.24, 2.45) is 0 Å². The van der Waals surface area contributed by atoms with Crippen LogP contribution >= 0.6 is 0 Å². The van der Waals surface area contributed by atoms with Crippen molar-refractivity contribution in [3.63, 3.8) is 0 Å². The van der Waals surface area contributed by atoms with E-state index in [1.54, 1.807) is 0 Å². The van der Waals surface area contributed by atoms with Crippen LogP contribution in [0.15, 0.2) is 12.4 Å². The summed E-state index contributed by atoms with van der Waals surface area (Å²) in [5, 5.41) is 15.2. The minimum Gasteiger partial charge on any atom is -0.465 e. The summed E-state index contributed by atoms with van der Waals surface area (Å²) in [5.41, 5.74) is -0.997. The zero-order valence-corrected chi connectivity index (χ0v) is 14.9. The summed E-state index contributed by atoms with van der Waals surface area (Å²) in [5.74, 6) is 0.429. The predicted octanol–water partition coefficient (Wildman–Crippen LogP) is 2.63. The lowest BCUT2D eigenvalue weighted by Gasteiger charge is -2.39. The first-order valence-corrected chi connectivity index (χ1v) is 9.22. The monoisotopic (exact) mass is 387 g/mol. The highest BCUT2D eigenvalue weighted by Crippen LogP contribution is 2.28. The van der Waals surface area contributed by atoms with Crippen LogP contribution in [0, 0.1) is 0 Å². The molecule has 1 aliphatic carbocycles. The van der Waals surface area contributed by atoms with E-state index in [1.165, 1.54) is 6.20 Å². The molecule has 0 radical (unpaired) electrons. The van der Waals surface area contributed by atoms with Crippen LogP contribution in [0.2, 0.25) is 0 Å². The Kier molecular flexibility index (Phi) is 6.03. The number of nitrogens with zero attached hydrogens (tertiary/aromatic N) is 3. The van der Waals surface area contributed by atoms with E-state index >= 15 is 0 Å². The third-order valence-electron chi connectivity index (χ3n) is 5.20. The van der Waals surface area contributed by atoms with Crippen molar-refractivity contribution in [3.8, 4) is 0 Å². The second kappa shape index (κ2) is 8.28. The highest BCUT2D eigenvalue weighted by Gasteiger charge is 2.34. The second-order valence-electron chi connectivity index (χ2n) is 7.16. The van der Waals surface area contributed by atoms with Crippen LogP contribution in [0.4, 0.5) is 23.8 Å². The van der Waals surface area contributed by atoms with Gasteiger partial charge in [-0.05, 0) is 25.7 Å². The molecule has 2 heterocycles. The van der Waals surface area contributed by atoms with Crippen molar-refractivity contribution in [2.75, 3.05) is 18.0 Å². The first-order valence-electron chi connectivity index (χ1n) is 9.22. The molecule has 0 aromatic carbocycles. The Morgan fingerprint density at radius 1 is 1.11 bits per heavy atom. The standard InChI is InChI=1S/C17H24F3N5O2/c18-17(19,20)14-8-22-15(9-21-14)25-7-3-4-11(10-25)23-12-5-1-2-6-13(12)24-16(26)27/h8-9,11-13,23-24H,1-7,10H2,(H,26,27)/t11?,12-,13-/m1/s1. The maximum Gasteiger partial charge on any atom is 0.434 e. The molecule has 3 atom stereocenters. The lowest BCUT2D eigenvalue weighted by atomic mass is 9.89. The molecule has 10 heteroatoms. The fourth-order valence-electron chi connectivity index (χ4n) is 3.92. The van der Waals surface area contributed by atoms with Gasteiger partial charge in [0.05, 0.1) is 12.4 Å². The van der Waals surface area contributed by atoms with Gasteiger partial charge >= 0.3 is 12.3 Å². The smallest absolute Gasteiger partial charge is 0.434 e. The fourth-order valence-corrected chi connectivity index (χ4v) is 3.92. The Morgan fingerprint density at radius 2 is 1.85 bits per heavy atom. The number of carbonyl (C=O) groups is 1. The molecule has 2 aliphatic rings. The third kappa shape index (κ3) is 5.21. The molecule has 1 saturated carbocycles. The van der Waals surface area contributed by atoms with Gasteiger partial charge in [0.1, 0.15) is 5.82 Å². The quantitative estimate of drug-likeness (QED) is 0.736. The van der Waals surface area contributed by atoms with Gasteiger partial charge in [-0.2, -0.15) is 13.2 Å². The summed E-state index contributed by atoms with van der Waals surface area (Å²) in [6, 6.07) is 0.0833. The van der Waals surface area contributed by atoms with Crippen molar-refractivity contribution >= 4 is 11.9 Å². The van der Waals surface area contributed by atoms with Gasteiger partial charge < -0.3 is 20.6 Å². The third-order valence-corrected chi connectivity index (χ3v) is 5.20. The van der Waals surface area contributed by atoms with E-state index in [1.807, 2.05) is 4.90 Å². The van der Waals surface area contributed by atoms with Crippen molar-refractivity contribution in [3.05, 3.63) is 18.1 Å². The number of anilines is 1. The first-order chi connectivity index (χ1) is 12.8. The van der Waals surface area contributed by atoms with E-state index in [0.717, 1.165) is 44.7 Å². The number of amides is 1. The van der Waals surface area contributed by atoms with Gasteiger partial charge in [0.15, 0.2) is 5.69 Å². The molecule has 1 aromatic heterocycles. The number of hydrogen-bond donors (Lipinski definition) is 3. The fraction of sp³-hybridized carbons (Fsp3) is 0.706. The van der Waals surface area contributed by atoms with Gasteiger partial charge in [-0.25, -0.2) is 14.8 Å². The maximum absolute atomic E-state index is 12.6. The summed E-state index contributed by atoms with van der Waals surface area (Å²) in [6.07, 6.45) is 2.00.